The minimum Gasteiger partial charge on any atom is -0.453 e. The van der Waals surface area contributed by atoms with Gasteiger partial charge >= 0.3 is 6.09 Å². The molecule has 0 aliphatic rings. The van der Waals surface area contributed by atoms with Gasteiger partial charge < -0.3 is 20.5 Å². The minimum atomic E-state index is -3.85. The molecule has 0 aliphatic heterocycles. The fourth-order valence-corrected chi connectivity index (χ4v) is 6.01. The first kappa shape index (κ1) is 28.5. The highest BCUT2D eigenvalue weighted by molar-refractivity contribution is 7.89. The van der Waals surface area contributed by atoms with Crippen LogP contribution in [0.15, 0.2) is 60.0 Å². The number of methoxy groups -OCH3 is 1. The van der Waals surface area contributed by atoms with Crippen LogP contribution in [0.5, 0.6) is 0 Å². The number of hydrogen-bond donors (Lipinski definition) is 3. The van der Waals surface area contributed by atoms with Crippen LogP contribution in [0.4, 0.5) is 4.79 Å². The van der Waals surface area contributed by atoms with E-state index in [1.165, 1.54) is 28.8 Å². The van der Waals surface area contributed by atoms with Gasteiger partial charge in [-0.25, -0.2) is 13.2 Å². The predicted molar refractivity (Wildman–Crippen MR) is 135 cm³/mol. The first-order chi connectivity index (χ1) is 16.6. The van der Waals surface area contributed by atoms with E-state index in [4.69, 9.17) is 0 Å². The van der Waals surface area contributed by atoms with Gasteiger partial charge in [0.2, 0.25) is 15.9 Å². The summed E-state index contributed by atoms with van der Waals surface area (Å²) in [6, 6.07) is 9.96. The molecular weight excluding hydrogens is 490 g/mol. The lowest BCUT2D eigenvalue weighted by molar-refractivity contribution is -0.122. The largest absolute Gasteiger partial charge is 0.453 e. The predicted octanol–water partition coefficient (Wildman–Crippen LogP) is 3.05. The molecule has 1 heterocycles. The number of thiophene rings is 1. The number of nitrogens with one attached hydrogen (secondary N) is 2. The van der Waals surface area contributed by atoms with Gasteiger partial charge in [-0.15, -0.1) is 17.9 Å². The molecule has 2 unspecified atom stereocenters. The van der Waals surface area contributed by atoms with Crippen LogP contribution in [0.25, 0.3) is 0 Å². The molecule has 0 fully saturated rings. The van der Waals surface area contributed by atoms with E-state index in [-0.39, 0.29) is 23.9 Å². The third kappa shape index (κ3) is 7.89. The van der Waals surface area contributed by atoms with Gasteiger partial charge in [-0.1, -0.05) is 38.1 Å². The van der Waals surface area contributed by atoms with Crippen LogP contribution in [0.1, 0.15) is 36.1 Å². The molecular formula is C24H33N3O6S2. The number of rotatable bonds is 13. The molecule has 192 valence electrons. The summed E-state index contributed by atoms with van der Waals surface area (Å²) < 4.78 is 32.8. The van der Waals surface area contributed by atoms with Crippen LogP contribution < -0.4 is 10.6 Å². The van der Waals surface area contributed by atoms with Crippen molar-refractivity contribution >= 4 is 33.4 Å². The van der Waals surface area contributed by atoms with Gasteiger partial charge in [0.05, 0.1) is 31.2 Å². The van der Waals surface area contributed by atoms with E-state index in [1.807, 2.05) is 13.8 Å². The number of hydrogen-bond acceptors (Lipinski definition) is 7. The zero-order valence-electron chi connectivity index (χ0n) is 20.1. The maximum Gasteiger partial charge on any atom is 0.407 e. The van der Waals surface area contributed by atoms with Crippen LogP contribution in [0.2, 0.25) is 0 Å². The highest BCUT2D eigenvalue weighted by atomic mass is 32.2. The van der Waals surface area contributed by atoms with Crippen molar-refractivity contribution in [2.45, 2.75) is 43.8 Å². The first-order valence-electron chi connectivity index (χ1n) is 11.1. The molecule has 1 aromatic heterocycles. The van der Waals surface area contributed by atoms with Crippen molar-refractivity contribution in [3.05, 3.63) is 64.9 Å². The summed E-state index contributed by atoms with van der Waals surface area (Å²) >= 11 is 1.30. The Morgan fingerprint density at radius 3 is 2.46 bits per heavy atom. The number of benzene rings is 1. The van der Waals surface area contributed by atoms with E-state index in [0.717, 1.165) is 4.88 Å². The summed E-state index contributed by atoms with van der Waals surface area (Å²) in [6.45, 7) is 7.59. The molecule has 0 radical (unpaired) electrons. The fraction of sp³-hybridized carbons (Fsp3) is 0.417. The monoisotopic (exact) mass is 523 g/mol. The van der Waals surface area contributed by atoms with E-state index < -0.39 is 40.7 Å². The average Bonchev–Trinajstić information content (AvgIpc) is 3.32. The highest BCUT2D eigenvalue weighted by Gasteiger charge is 2.33. The van der Waals surface area contributed by atoms with Crippen molar-refractivity contribution < 1.29 is 27.9 Å². The second kappa shape index (κ2) is 13.4. The third-order valence-electron chi connectivity index (χ3n) is 5.22. The van der Waals surface area contributed by atoms with Gasteiger partial charge in [0.25, 0.3) is 0 Å². The van der Waals surface area contributed by atoms with Gasteiger partial charge in [-0.05, 0) is 36.6 Å². The van der Waals surface area contributed by atoms with Gasteiger partial charge in [0.1, 0.15) is 6.04 Å². The lowest BCUT2D eigenvalue weighted by atomic mass is 10.1. The van der Waals surface area contributed by atoms with Crippen LogP contribution >= 0.6 is 11.3 Å². The first-order valence-corrected chi connectivity index (χ1v) is 13.4. The zero-order valence-corrected chi connectivity index (χ0v) is 21.8. The second-order valence-corrected chi connectivity index (χ2v) is 11.3. The van der Waals surface area contributed by atoms with E-state index in [0.29, 0.717) is 11.3 Å². The van der Waals surface area contributed by atoms with Gasteiger partial charge in [0, 0.05) is 16.3 Å². The van der Waals surface area contributed by atoms with Gasteiger partial charge in [-0.3, -0.25) is 4.79 Å². The van der Waals surface area contributed by atoms with Crippen LogP contribution in [0.3, 0.4) is 0 Å². The summed E-state index contributed by atoms with van der Waals surface area (Å²) in [6.07, 6.45) is 1.16. The number of nitrogens with zero attached hydrogens (tertiary/aromatic N) is 1. The fourth-order valence-electron chi connectivity index (χ4n) is 3.25. The number of amides is 2. The molecule has 0 saturated carbocycles. The van der Waals surface area contributed by atoms with Gasteiger partial charge in [-0.2, -0.15) is 4.31 Å². The summed E-state index contributed by atoms with van der Waals surface area (Å²) in [4.78, 5) is 25.3. The topological polar surface area (TPSA) is 125 Å². The number of ether oxygens (including phenoxy) is 1. The second-order valence-electron chi connectivity index (χ2n) is 8.18. The smallest absolute Gasteiger partial charge is 0.407 e. The Kier molecular flexibility index (Phi) is 10.9. The van der Waals surface area contributed by atoms with Crippen LogP contribution in [-0.2, 0) is 26.1 Å². The zero-order chi connectivity index (χ0) is 26.0. The molecule has 3 N–H and O–H groups in total. The summed E-state index contributed by atoms with van der Waals surface area (Å²) in [7, 11) is -2.66. The molecule has 1 aromatic carbocycles. The standard InChI is InChI=1S/C24H33N3O6S2/c1-5-20(26-24(30)33-4)23(29)25-15-18-11-12-22(34-18)21(16-28)27(14-13-17(2)3)35(31,32)19-9-7-6-8-10-19/h5-12,17,20-21,28H,1,13-16H2,2-4H3,(H,25,29)(H,26,30). The summed E-state index contributed by atoms with van der Waals surface area (Å²) in [5, 5.41) is 15.3. The Morgan fingerprint density at radius 1 is 1.20 bits per heavy atom. The Labute approximate surface area is 210 Å². The molecule has 11 heteroatoms. The number of alkyl carbamates (subject to hydrolysis) is 1. The van der Waals surface area contributed by atoms with Crippen molar-refractivity contribution in [1.82, 2.24) is 14.9 Å². The van der Waals surface area contributed by atoms with E-state index in [2.05, 4.69) is 21.9 Å². The van der Waals surface area contributed by atoms with E-state index in [1.54, 1.807) is 42.5 Å². The Bertz CT molecular complexity index is 1090. The van der Waals surface area contributed by atoms with Crippen molar-refractivity contribution in [2.75, 3.05) is 20.3 Å². The number of aliphatic hydroxyl groups is 1. The quantitative estimate of drug-likeness (QED) is 0.347. The average molecular weight is 524 g/mol. The molecule has 2 atom stereocenters. The number of sulfonamides is 1. The SMILES string of the molecule is C=CC(NC(=O)OC)C(=O)NCc1ccc(C(CO)N(CCC(C)C)S(=O)(=O)c2ccccc2)s1. The number of carbonyl (C=O) groups is 2. The normalized spacial score (nSPS) is 13.3. The van der Waals surface area contributed by atoms with Crippen molar-refractivity contribution in [2.24, 2.45) is 5.92 Å². The summed E-state index contributed by atoms with van der Waals surface area (Å²) in [5.74, 6) is -0.197. The Morgan fingerprint density at radius 2 is 1.89 bits per heavy atom. The van der Waals surface area contributed by atoms with Crippen molar-refractivity contribution in [3.8, 4) is 0 Å². The molecule has 2 rings (SSSR count). The Balaban J connectivity index is 2.22. The highest BCUT2D eigenvalue weighted by Crippen LogP contribution is 2.32. The number of carbonyl (C=O) groups excluding carboxylic acids is 2. The minimum absolute atomic E-state index is 0.159. The molecule has 9 nitrogen and oxygen atoms in total. The lowest BCUT2D eigenvalue weighted by Crippen LogP contribution is -2.45. The van der Waals surface area contributed by atoms with Crippen molar-refractivity contribution in [3.63, 3.8) is 0 Å². The van der Waals surface area contributed by atoms with Crippen LogP contribution in [0, 0.1) is 5.92 Å². The van der Waals surface area contributed by atoms with Crippen LogP contribution in [-0.4, -0.2) is 56.1 Å². The lowest BCUT2D eigenvalue weighted by Gasteiger charge is -2.29. The van der Waals surface area contributed by atoms with Crippen molar-refractivity contribution in [1.29, 1.82) is 0 Å². The maximum absolute atomic E-state index is 13.5. The maximum atomic E-state index is 13.5. The molecule has 0 spiro atoms. The molecule has 2 amide bonds. The van der Waals surface area contributed by atoms with E-state index >= 15 is 0 Å². The molecule has 0 aliphatic carbocycles. The molecule has 2 aromatic rings. The van der Waals surface area contributed by atoms with E-state index in [9.17, 15) is 23.1 Å². The third-order valence-corrected chi connectivity index (χ3v) is 8.33. The molecule has 0 saturated heterocycles. The molecule has 0 bridgehead atoms. The molecule has 35 heavy (non-hydrogen) atoms. The number of aliphatic hydroxyl groups excluding tert-OH is 1. The summed E-state index contributed by atoms with van der Waals surface area (Å²) in [5.41, 5.74) is 0. The Hall–Kier alpha value is -2.73. The van der Waals surface area contributed by atoms with Gasteiger partial charge in [0.15, 0.2) is 0 Å².